The molecule has 1 aliphatic carbocycles. The number of Topliss-reactive ketones (excluding diaryl/α,β-unsaturated/α-hetero) is 1. The SMILES string of the molecule is CN(CC(=O)C1CCCC1)Cc1cccnc1. The largest absolute Gasteiger partial charge is 0.298 e. The van der Waals surface area contributed by atoms with Gasteiger partial charge in [0.1, 0.15) is 5.78 Å². The Bertz CT molecular complexity index is 358. The maximum absolute atomic E-state index is 12.0. The lowest BCUT2D eigenvalue weighted by molar-refractivity contribution is -0.123. The number of nitrogens with zero attached hydrogens (tertiary/aromatic N) is 2. The second-order valence-corrected chi connectivity index (χ2v) is 4.98. The van der Waals surface area contributed by atoms with E-state index in [1.807, 2.05) is 25.4 Å². The summed E-state index contributed by atoms with van der Waals surface area (Å²) in [5.74, 6) is 0.736. The predicted octanol–water partition coefficient (Wildman–Crippen LogP) is 2.27. The van der Waals surface area contributed by atoms with Gasteiger partial charge in [-0.15, -0.1) is 0 Å². The van der Waals surface area contributed by atoms with Gasteiger partial charge in [-0.1, -0.05) is 18.9 Å². The minimum Gasteiger partial charge on any atom is -0.298 e. The normalized spacial score (nSPS) is 16.6. The van der Waals surface area contributed by atoms with E-state index in [1.54, 1.807) is 6.20 Å². The molecule has 0 amide bonds. The summed E-state index contributed by atoms with van der Waals surface area (Å²) < 4.78 is 0. The van der Waals surface area contributed by atoms with Gasteiger partial charge in [-0.25, -0.2) is 0 Å². The minimum atomic E-state index is 0.325. The van der Waals surface area contributed by atoms with E-state index in [1.165, 1.54) is 12.8 Å². The van der Waals surface area contributed by atoms with E-state index in [0.29, 0.717) is 18.2 Å². The molecule has 3 nitrogen and oxygen atoms in total. The van der Waals surface area contributed by atoms with E-state index in [-0.39, 0.29) is 0 Å². The highest BCUT2D eigenvalue weighted by atomic mass is 16.1. The van der Waals surface area contributed by atoms with E-state index in [2.05, 4.69) is 9.88 Å². The third-order valence-corrected chi connectivity index (χ3v) is 3.41. The Morgan fingerprint density at radius 1 is 1.47 bits per heavy atom. The molecule has 92 valence electrons. The summed E-state index contributed by atoms with van der Waals surface area (Å²) in [5, 5.41) is 0. The molecule has 0 aliphatic heterocycles. The average Bonchev–Trinajstić information content (AvgIpc) is 2.83. The summed E-state index contributed by atoms with van der Waals surface area (Å²) in [6, 6.07) is 3.98. The van der Waals surface area contributed by atoms with E-state index >= 15 is 0 Å². The molecule has 1 heterocycles. The van der Waals surface area contributed by atoms with Crippen molar-refractivity contribution in [3.8, 4) is 0 Å². The molecule has 0 radical (unpaired) electrons. The number of carbonyl (C=O) groups is 1. The van der Waals surface area contributed by atoms with Crippen LogP contribution in [0.15, 0.2) is 24.5 Å². The van der Waals surface area contributed by atoms with Crippen LogP contribution in [0.2, 0.25) is 0 Å². The number of carbonyl (C=O) groups excluding carboxylic acids is 1. The van der Waals surface area contributed by atoms with Crippen LogP contribution in [0.5, 0.6) is 0 Å². The van der Waals surface area contributed by atoms with E-state index in [4.69, 9.17) is 0 Å². The summed E-state index contributed by atoms with van der Waals surface area (Å²) in [7, 11) is 2.00. The Labute approximate surface area is 103 Å². The Balaban J connectivity index is 1.80. The van der Waals surface area contributed by atoms with Crippen LogP contribution in [0.3, 0.4) is 0 Å². The molecule has 3 heteroatoms. The number of rotatable bonds is 5. The molecule has 0 spiro atoms. The second kappa shape index (κ2) is 5.92. The van der Waals surface area contributed by atoms with Crippen LogP contribution >= 0.6 is 0 Å². The van der Waals surface area contributed by atoms with Crippen LogP contribution in [0, 0.1) is 5.92 Å². The van der Waals surface area contributed by atoms with Gasteiger partial charge in [0.25, 0.3) is 0 Å². The third-order valence-electron chi connectivity index (χ3n) is 3.41. The maximum atomic E-state index is 12.0. The molecule has 0 saturated heterocycles. The minimum absolute atomic E-state index is 0.325. The summed E-state index contributed by atoms with van der Waals surface area (Å²) in [5.41, 5.74) is 1.16. The van der Waals surface area contributed by atoms with Gasteiger partial charge < -0.3 is 0 Å². The first-order valence-corrected chi connectivity index (χ1v) is 6.36. The van der Waals surface area contributed by atoms with Crippen molar-refractivity contribution in [2.24, 2.45) is 5.92 Å². The Morgan fingerprint density at radius 2 is 2.24 bits per heavy atom. The van der Waals surface area contributed by atoms with E-state index in [9.17, 15) is 4.79 Å². The number of aromatic nitrogens is 1. The summed E-state index contributed by atoms with van der Waals surface area (Å²) >= 11 is 0. The maximum Gasteiger partial charge on any atom is 0.149 e. The quantitative estimate of drug-likeness (QED) is 0.781. The molecule has 2 rings (SSSR count). The molecule has 1 aromatic rings. The third kappa shape index (κ3) is 3.63. The van der Waals surface area contributed by atoms with Gasteiger partial charge in [0.15, 0.2) is 0 Å². The average molecular weight is 232 g/mol. The molecule has 17 heavy (non-hydrogen) atoms. The van der Waals surface area contributed by atoms with Crippen LogP contribution in [0.4, 0.5) is 0 Å². The first-order chi connectivity index (χ1) is 8.25. The van der Waals surface area contributed by atoms with Crippen LogP contribution < -0.4 is 0 Å². The van der Waals surface area contributed by atoms with Crippen molar-refractivity contribution < 1.29 is 4.79 Å². The van der Waals surface area contributed by atoms with Crippen molar-refractivity contribution in [2.45, 2.75) is 32.2 Å². The molecule has 0 bridgehead atoms. The lowest BCUT2D eigenvalue weighted by Crippen LogP contribution is -2.29. The molecule has 0 unspecified atom stereocenters. The van der Waals surface area contributed by atoms with E-state index in [0.717, 1.165) is 24.9 Å². The fourth-order valence-corrected chi connectivity index (χ4v) is 2.50. The van der Waals surface area contributed by atoms with Gasteiger partial charge in [0.2, 0.25) is 0 Å². The van der Waals surface area contributed by atoms with Crippen LogP contribution in [0.25, 0.3) is 0 Å². The molecule has 0 atom stereocenters. The van der Waals surface area contributed by atoms with Gasteiger partial charge in [0, 0.05) is 24.9 Å². The molecule has 1 fully saturated rings. The van der Waals surface area contributed by atoms with Crippen molar-refractivity contribution in [1.29, 1.82) is 0 Å². The molecule has 1 aliphatic rings. The zero-order valence-corrected chi connectivity index (χ0v) is 10.4. The Hall–Kier alpha value is -1.22. The molecule has 1 saturated carbocycles. The van der Waals surface area contributed by atoms with Gasteiger partial charge in [-0.05, 0) is 31.5 Å². The molecular weight excluding hydrogens is 212 g/mol. The van der Waals surface area contributed by atoms with E-state index < -0.39 is 0 Å². The van der Waals surface area contributed by atoms with Crippen molar-refractivity contribution in [3.05, 3.63) is 30.1 Å². The molecule has 0 N–H and O–H groups in total. The zero-order valence-electron chi connectivity index (χ0n) is 10.4. The highest BCUT2D eigenvalue weighted by molar-refractivity contribution is 5.83. The number of likely N-dealkylation sites (N-methyl/N-ethyl adjacent to an activating group) is 1. The number of hydrogen-bond acceptors (Lipinski definition) is 3. The summed E-state index contributed by atoms with van der Waals surface area (Å²) in [4.78, 5) is 18.2. The topological polar surface area (TPSA) is 33.2 Å². The summed E-state index contributed by atoms with van der Waals surface area (Å²) in [6.45, 7) is 1.37. The van der Waals surface area contributed by atoms with Gasteiger partial charge >= 0.3 is 0 Å². The fraction of sp³-hybridized carbons (Fsp3) is 0.571. The van der Waals surface area contributed by atoms with Crippen molar-refractivity contribution in [1.82, 2.24) is 9.88 Å². The van der Waals surface area contributed by atoms with Gasteiger partial charge in [-0.2, -0.15) is 0 Å². The lowest BCUT2D eigenvalue weighted by atomic mass is 10.0. The Morgan fingerprint density at radius 3 is 2.88 bits per heavy atom. The van der Waals surface area contributed by atoms with Gasteiger partial charge in [0.05, 0.1) is 6.54 Å². The van der Waals surface area contributed by atoms with Crippen LogP contribution in [-0.4, -0.2) is 29.3 Å². The number of ketones is 1. The van der Waals surface area contributed by atoms with Crippen LogP contribution in [0.1, 0.15) is 31.2 Å². The number of hydrogen-bond donors (Lipinski definition) is 0. The predicted molar refractivity (Wildman–Crippen MR) is 67.5 cm³/mol. The first-order valence-electron chi connectivity index (χ1n) is 6.36. The van der Waals surface area contributed by atoms with Crippen molar-refractivity contribution >= 4 is 5.78 Å². The van der Waals surface area contributed by atoms with Crippen molar-refractivity contribution in [3.63, 3.8) is 0 Å². The van der Waals surface area contributed by atoms with Crippen LogP contribution in [-0.2, 0) is 11.3 Å². The smallest absolute Gasteiger partial charge is 0.149 e. The highest BCUT2D eigenvalue weighted by Gasteiger charge is 2.23. The zero-order chi connectivity index (χ0) is 12.1. The summed E-state index contributed by atoms with van der Waals surface area (Å²) in [6.07, 6.45) is 8.27. The second-order valence-electron chi connectivity index (χ2n) is 4.98. The standard InChI is InChI=1S/C14H20N2O/c1-16(10-12-5-4-8-15-9-12)11-14(17)13-6-2-3-7-13/h4-5,8-9,13H,2-3,6-7,10-11H2,1H3. The van der Waals surface area contributed by atoms with Crippen molar-refractivity contribution in [2.75, 3.05) is 13.6 Å². The monoisotopic (exact) mass is 232 g/mol. The first kappa shape index (κ1) is 12.2. The Kier molecular flexibility index (Phi) is 4.26. The molecular formula is C14H20N2O. The number of pyridine rings is 1. The van der Waals surface area contributed by atoms with Gasteiger partial charge in [-0.3, -0.25) is 14.7 Å². The fourth-order valence-electron chi connectivity index (χ4n) is 2.50. The molecule has 0 aromatic carbocycles. The highest BCUT2D eigenvalue weighted by Crippen LogP contribution is 2.25. The molecule has 1 aromatic heterocycles. The lowest BCUT2D eigenvalue weighted by Gasteiger charge is -2.17.